The number of fused-ring (bicyclic) bond motifs is 2. The highest BCUT2D eigenvalue weighted by molar-refractivity contribution is 5.85. The number of esters is 1. The summed E-state index contributed by atoms with van der Waals surface area (Å²) in [5.74, 6) is 0.326. The van der Waals surface area contributed by atoms with Gasteiger partial charge in [0.25, 0.3) is 0 Å². The molecule has 0 amide bonds. The van der Waals surface area contributed by atoms with E-state index in [0.29, 0.717) is 12.1 Å². The van der Waals surface area contributed by atoms with Crippen LogP contribution in [0.1, 0.15) is 36.3 Å². The van der Waals surface area contributed by atoms with E-state index in [2.05, 4.69) is 19.6 Å². The number of rotatable bonds is 2. The first-order chi connectivity index (χ1) is 9.19. The van der Waals surface area contributed by atoms with Crippen LogP contribution < -0.4 is 4.90 Å². The van der Waals surface area contributed by atoms with Gasteiger partial charge in [-0.1, -0.05) is 0 Å². The quantitative estimate of drug-likeness (QED) is 0.794. The number of aliphatic hydroxyl groups is 1. The van der Waals surface area contributed by atoms with Gasteiger partial charge in [-0.2, -0.15) is 0 Å². The molecule has 0 aliphatic carbocycles. The number of aromatic nitrogens is 2. The number of nitrogens with zero attached hydrogens (tertiary/aromatic N) is 3. The van der Waals surface area contributed by atoms with Gasteiger partial charge in [0.1, 0.15) is 5.82 Å². The first-order valence-electron chi connectivity index (χ1n) is 6.57. The summed E-state index contributed by atoms with van der Waals surface area (Å²) in [6, 6.07) is 2.44. The van der Waals surface area contributed by atoms with E-state index in [1.165, 1.54) is 7.11 Å². The summed E-state index contributed by atoms with van der Waals surface area (Å²) in [7, 11) is 1.32. The Balaban J connectivity index is 1.89. The lowest BCUT2D eigenvalue weighted by Crippen LogP contribution is -2.45. The normalized spacial score (nSPS) is 29.4. The maximum Gasteiger partial charge on any atom is 0.376 e. The first kappa shape index (κ1) is 12.3. The molecule has 19 heavy (non-hydrogen) atoms. The monoisotopic (exact) mass is 263 g/mol. The van der Waals surface area contributed by atoms with E-state index < -0.39 is 5.97 Å². The molecule has 0 radical (unpaired) electrons. The minimum Gasteiger partial charge on any atom is -0.463 e. The minimum atomic E-state index is -0.522. The zero-order valence-corrected chi connectivity index (χ0v) is 10.8. The van der Waals surface area contributed by atoms with E-state index >= 15 is 0 Å². The minimum absolute atomic E-state index is 0.0884. The molecular weight excluding hydrogens is 246 g/mol. The van der Waals surface area contributed by atoms with Crippen LogP contribution in [0.5, 0.6) is 0 Å². The molecule has 1 aromatic heterocycles. The maximum absolute atomic E-state index is 11.5. The lowest BCUT2D eigenvalue weighted by Gasteiger charge is -2.38. The Morgan fingerprint density at radius 3 is 2.74 bits per heavy atom. The fourth-order valence-corrected chi connectivity index (χ4v) is 3.20. The molecule has 0 spiro atoms. The number of hydrogen-bond acceptors (Lipinski definition) is 6. The third-order valence-electron chi connectivity index (χ3n) is 3.98. The van der Waals surface area contributed by atoms with Gasteiger partial charge in [-0.15, -0.1) is 0 Å². The number of anilines is 1. The van der Waals surface area contributed by atoms with Crippen molar-refractivity contribution in [2.45, 2.75) is 43.9 Å². The smallest absolute Gasteiger partial charge is 0.376 e. The van der Waals surface area contributed by atoms with Gasteiger partial charge in [0.05, 0.1) is 13.2 Å². The third kappa shape index (κ3) is 2.16. The predicted molar refractivity (Wildman–Crippen MR) is 67.9 cm³/mol. The van der Waals surface area contributed by atoms with Crippen molar-refractivity contribution in [1.29, 1.82) is 0 Å². The van der Waals surface area contributed by atoms with Gasteiger partial charge in [-0.3, -0.25) is 0 Å². The number of carbonyl (C=O) groups excluding carboxylic acids is 1. The summed E-state index contributed by atoms with van der Waals surface area (Å²) in [6.45, 7) is 0. The van der Waals surface area contributed by atoms with Crippen molar-refractivity contribution in [3.05, 3.63) is 18.1 Å². The summed E-state index contributed by atoms with van der Waals surface area (Å²) in [6.07, 6.45) is 5.05. The Kier molecular flexibility index (Phi) is 3.10. The molecule has 1 N–H and O–H groups in total. The van der Waals surface area contributed by atoms with Gasteiger partial charge in [-0.05, 0) is 31.7 Å². The summed E-state index contributed by atoms with van der Waals surface area (Å²) < 4.78 is 4.64. The van der Waals surface area contributed by atoms with E-state index in [4.69, 9.17) is 0 Å². The lowest BCUT2D eigenvalue weighted by atomic mass is 10.00. The number of hydrogen-bond donors (Lipinski definition) is 1. The fourth-order valence-electron chi connectivity index (χ4n) is 3.20. The Morgan fingerprint density at radius 2 is 2.11 bits per heavy atom. The molecule has 3 rings (SSSR count). The Bertz CT molecular complexity index is 480. The van der Waals surface area contributed by atoms with Gasteiger partial charge in [0.2, 0.25) is 5.82 Å². The molecule has 6 heteroatoms. The second kappa shape index (κ2) is 4.77. The molecule has 2 atom stereocenters. The highest BCUT2D eigenvalue weighted by atomic mass is 16.5. The Hall–Kier alpha value is -1.69. The first-order valence-corrected chi connectivity index (χ1v) is 6.57. The van der Waals surface area contributed by atoms with Crippen LogP contribution in [-0.2, 0) is 4.74 Å². The second-order valence-corrected chi connectivity index (χ2v) is 5.15. The van der Waals surface area contributed by atoms with Crippen molar-refractivity contribution >= 4 is 11.8 Å². The standard InChI is InChI=1S/C13H17N3O3/c1-19-13(18)12-14-5-4-11(15-12)16-8-2-3-9(16)7-10(17)6-8/h4-5,8-10,17H,2-3,6-7H2,1H3. The summed E-state index contributed by atoms with van der Waals surface area (Å²) in [4.78, 5) is 21.9. The van der Waals surface area contributed by atoms with Crippen molar-refractivity contribution in [3.8, 4) is 0 Å². The van der Waals surface area contributed by atoms with Crippen LogP contribution in [0.2, 0.25) is 0 Å². The van der Waals surface area contributed by atoms with Crippen LogP contribution in [0.4, 0.5) is 5.82 Å². The van der Waals surface area contributed by atoms with Crippen molar-refractivity contribution < 1.29 is 14.6 Å². The van der Waals surface area contributed by atoms with Crippen molar-refractivity contribution in [2.24, 2.45) is 0 Å². The number of carbonyl (C=O) groups is 1. The van der Waals surface area contributed by atoms with E-state index in [-0.39, 0.29) is 11.9 Å². The molecule has 2 fully saturated rings. The second-order valence-electron chi connectivity index (χ2n) is 5.15. The molecule has 2 unspecified atom stereocenters. The van der Waals surface area contributed by atoms with Gasteiger partial charge < -0.3 is 14.7 Å². The molecule has 6 nitrogen and oxygen atoms in total. The summed E-state index contributed by atoms with van der Waals surface area (Å²) in [5, 5.41) is 9.80. The van der Waals surface area contributed by atoms with E-state index in [0.717, 1.165) is 31.5 Å². The van der Waals surface area contributed by atoms with Crippen LogP contribution >= 0.6 is 0 Å². The van der Waals surface area contributed by atoms with Crippen LogP contribution in [0.25, 0.3) is 0 Å². The molecule has 2 saturated heterocycles. The largest absolute Gasteiger partial charge is 0.463 e. The molecule has 1 aromatic rings. The van der Waals surface area contributed by atoms with E-state index in [1.807, 2.05) is 6.07 Å². The van der Waals surface area contributed by atoms with E-state index in [1.54, 1.807) is 6.20 Å². The van der Waals surface area contributed by atoms with Crippen molar-refractivity contribution in [1.82, 2.24) is 9.97 Å². The third-order valence-corrected chi connectivity index (χ3v) is 3.98. The van der Waals surface area contributed by atoms with Gasteiger partial charge in [0, 0.05) is 18.3 Å². The maximum atomic E-state index is 11.5. The average Bonchev–Trinajstić information content (AvgIpc) is 2.70. The molecule has 2 aliphatic rings. The highest BCUT2D eigenvalue weighted by Crippen LogP contribution is 2.38. The summed E-state index contributed by atoms with van der Waals surface area (Å²) in [5.41, 5.74) is 0. The van der Waals surface area contributed by atoms with Gasteiger partial charge >= 0.3 is 5.97 Å². The molecule has 102 valence electrons. The molecule has 3 heterocycles. The predicted octanol–water partition coefficient (Wildman–Crippen LogP) is 0.755. The van der Waals surface area contributed by atoms with Crippen molar-refractivity contribution in [2.75, 3.05) is 12.0 Å². The number of ether oxygens (including phenoxy) is 1. The van der Waals surface area contributed by atoms with Crippen LogP contribution in [-0.4, -0.2) is 46.3 Å². The number of aliphatic hydroxyl groups excluding tert-OH is 1. The molecule has 2 bridgehead atoms. The highest BCUT2D eigenvalue weighted by Gasteiger charge is 2.41. The topological polar surface area (TPSA) is 75.5 Å². The molecule has 0 saturated carbocycles. The van der Waals surface area contributed by atoms with Gasteiger partial charge in [-0.25, -0.2) is 14.8 Å². The fraction of sp³-hybridized carbons (Fsp3) is 0.615. The van der Waals surface area contributed by atoms with Crippen molar-refractivity contribution in [3.63, 3.8) is 0 Å². The van der Waals surface area contributed by atoms with Crippen LogP contribution in [0.3, 0.4) is 0 Å². The lowest BCUT2D eigenvalue weighted by molar-refractivity contribution is 0.0586. The summed E-state index contributed by atoms with van der Waals surface area (Å²) >= 11 is 0. The number of methoxy groups -OCH3 is 1. The average molecular weight is 263 g/mol. The Morgan fingerprint density at radius 1 is 1.42 bits per heavy atom. The zero-order chi connectivity index (χ0) is 13.4. The van der Waals surface area contributed by atoms with E-state index in [9.17, 15) is 9.90 Å². The van der Waals surface area contributed by atoms with Crippen LogP contribution in [0.15, 0.2) is 12.3 Å². The SMILES string of the molecule is COC(=O)c1nccc(N2C3CCC2CC(O)C3)n1. The Labute approximate surface area is 111 Å². The molecule has 0 aromatic carbocycles. The molecule has 2 aliphatic heterocycles. The van der Waals surface area contributed by atoms with Crippen LogP contribution in [0, 0.1) is 0 Å². The van der Waals surface area contributed by atoms with Gasteiger partial charge in [0.15, 0.2) is 0 Å². The zero-order valence-electron chi connectivity index (χ0n) is 10.8. The molecular formula is C13H17N3O3. The number of piperidine rings is 1.